The van der Waals surface area contributed by atoms with Gasteiger partial charge in [-0.2, -0.15) is 0 Å². The van der Waals surface area contributed by atoms with Crippen LogP contribution in [0.15, 0.2) is 46.9 Å². The van der Waals surface area contributed by atoms with Crippen molar-refractivity contribution in [1.82, 2.24) is 0 Å². The quantitative estimate of drug-likeness (QED) is 0.739. The monoisotopic (exact) mass is 322 g/mol. The van der Waals surface area contributed by atoms with E-state index in [1.165, 1.54) is 0 Å². The van der Waals surface area contributed by atoms with Crippen LogP contribution in [0.3, 0.4) is 0 Å². The maximum absolute atomic E-state index is 12.3. The molecule has 3 heteroatoms. The Morgan fingerprint density at radius 1 is 1.22 bits per heavy atom. The first-order valence-electron chi connectivity index (χ1n) is 5.60. The number of Topliss-reactive ketones (excluding diaryl/α,β-unsaturated/α-hetero) is 1. The number of halogens is 2. The standard InChI is InChI=1S/C15H12BrClO/c1-10-6-7-12(16)9-13(10)15(18)8-11-4-2-3-5-14(11)17/h2-7,9H,8H2,1H3. The lowest BCUT2D eigenvalue weighted by atomic mass is 9.99. The second-order valence-electron chi connectivity index (χ2n) is 4.15. The normalized spacial score (nSPS) is 10.4. The molecule has 0 unspecified atom stereocenters. The summed E-state index contributed by atoms with van der Waals surface area (Å²) in [5.74, 6) is 0.0851. The largest absolute Gasteiger partial charge is 0.294 e. The lowest BCUT2D eigenvalue weighted by molar-refractivity contribution is 0.0992. The van der Waals surface area contributed by atoms with Crippen LogP contribution in [-0.2, 0) is 6.42 Å². The number of ketones is 1. The van der Waals surface area contributed by atoms with E-state index in [0.29, 0.717) is 11.4 Å². The summed E-state index contributed by atoms with van der Waals surface area (Å²) in [4.78, 5) is 12.3. The van der Waals surface area contributed by atoms with Gasteiger partial charge in [0.2, 0.25) is 0 Å². The van der Waals surface area contributed by atoms with Gasteiger partial charge < -0.3 is 0 Å². The molecule has 0 spiro atoms. The van der Waals surface area contributed by atoms with Crippen LogP contribution in [0.2, 0.25) is 5.02 Å². The molecular weight excluding hydrogens is 312 g/mol. The number of carbonyl (C=O) groups is 1. The van der Waals surface area contributed by atoms with Crippen molar-refractivity contribution in [3.05, 3.63) is 68.7 Å². The van der Waals surface area contributed by atoms with E-state index in [9.17, 15) is 4.79 Å². The molecule has 0 radical (unpaired) electrons. The Labute approximate surface area is 120 Å². The van der Waals surface area contributed by atoms with E-state index in [1.54, 1.807) is 6.07 Å². The first-order valence-corrected chi connectivity index (χ1v) is 6.78. The summed E-state index contributed by atoms with van der Waals surface area (Å²) in [6.07, 6.45) is 0.330. The van der Waals surface area contributed by atoms with E-state index in [-0.39, 0.29) is 5.78 Å². The van der Waals surface area contributed by atoms with Crippen LogP contribution >= 0.6 is 27.5 Å². The third-order valence-corrected chi connectivity index (χ3v) is 3.67. The Hall–Kier alpha value is -1.12. The van der Waals surface area contributed by atoms with Gasteiger partial charge in [0.15, 0.2) is 5.78 Å². The van der Waals surface area contributed by atoms with Gasteiger partial charge in [-0.1, -0.05) is 51.8 Å². The molecule has 0 aliphatic heterocycles. The highest BCUT2D eigenvalue weighted by atomic mass is 79.9. The molecule has 0 bridgehead atoms. The minimum Gasteiger partial charge on any atom is -0.294 e. The molecule has 0 atom stereocenters. The van der Waals surface area contributed by atoms with Gasteiger partial charge in [-0.05, 0) is 36.2 Å². The summed E-state index contributed by atoms with van der Waals surface area (Å²) < 4.78 is 0.913. The minimum atomic E-state index is 0.0851. The van der Waals surface area contributed by atoms with Crippen LogP contribution in [0.1, 0.15) is 21.5 Å². The lowest BCUT2D eigenvalue weighted by Gasteiger charge is -2.07. The fraction of sp³-hybridized carbons (Fsp3) is 0.133. The van der Waals surface area contributed by atoms with Crippen LogP contribution in [0.5, 0.6) is 0 Å². The third-order valence-electron chi connectivity index (χ3n) is 2.81. The Kier molecular flexibility index (Phi) is 4.20. The van der Waals surface area contributed by atoms with Crippen LogP contribution in [-0.4, -0.2) is 5.78 Å². The van der Waals surface area contributed by atoms with Crippen molar-refractivity contribution in [1.29, 1.82) is 0 Å². The molecule has 0 saturated carbocycles. The molecule has 2 aromatic carbocycles. The predicted octanol–water partition coefficient (Wildman–Crippen LogP) is 4.84. The first kappa shape index (κ1) is 13.3. The molecule has 0 heterocycles. The van der Waals surface area contributed by atoms with Crippen molar-refractivity contribution in [2.24, 2.45) is 0 Å². The number of benzene rings is 2. The topological polar surface area (TPSA) is 17.1 Å². The third kappa shape index (κ3) is 3.01. The Morgan fingerprint density at radius 3 is 2.67 bits per heavy atom. The highest BCUT2D eigenvalue weighted by molar-refractivity contribution is 9.10. The number of carbonyl (C=O) groups excluding carboxylic acids is 1. The van der Waals surface area contributed by atoms with E-state index in [4.69, 9.17) is 11.6 Å². The summed E-state index contributed by atoms with van der Waals surface area (Å²) in [7, 11) is 0. The Bertz CT molecular complexity index is 593. The maximum Gasteiger partial charge on any atom is 0.167 e. The summed E-state index contributed by atoms with van der Waals surface area (Å²) >= 11 is 9.45. The molecular formula is C15H12BrClO. The molecule has 18 heavy (non-hydrogen) atoms. The molecule has 0 amide bonds. The SMILES string of the molecule is Cc1ccc(Br)cc1C(=O)Cc1ccccc1Cl. The van der Waals surface area contributed by atoms with Gasteiger partial charge in [0.25, 0.3) is 0 Å². The molecule has 2 aromatic rings. The van der Waals surface area contributed by atoms with Crippen LogP contribution in [0.25, 0.3) is 0 Å². The molecule has 92 valence electrons. The second-order valence-corrected chi connectivity index (χ2v) is 5.47. The maximum atomic E-state index is 12.3. The highest BCUT2D eigenvalue weighted by Crippen LogP contribution is 2.21. The van der Waals surface area contributed by atoms with Crippen molar-refractivity contribution < 1.29 is 4.79 Å². The van der Waals surface area contributed by atoms with E-state index in [2.05, 4.69) is 15.9 Å². The van der Waals surface area contributed by atoms with Gasteiger partial charge in [-0.15, -0.1) is 0 Å². The number of hydrogen-bond donors (Lipinski definition) is 0. The molecule has 0 aliphatic carbocycles. The molecule has 2 rings (SSSR count). The Balaban J connectivity index is 2.28. The smallest absolute Gasteiger partial charge is 0.167 e. The van der Waals surface area contributed by atoms with Gasteiger partial charge in [0.05, 0.1) is 0 Å². The van der Waals surface area contributed by atoms with E-state index >= 15 is 0 Å². The summed E-state index contributed by atoms with van der Waals surface area (Å²) in [6, 6.07) is 13.2. The van der Waals surface area contributed by atoms with Crippen molar-refractivity contribution in [2.45, 2.75) is 13.3 Å². The van der Waals surface area contributed by atoms with Gasteiger partial charge in [0.1, 0.15) is 0 Å². The van der Waals surface area contributed by atoms with Gasteiger partial charge >= 0.3 is 0 Å². The van der Waals surface area contributed by atoms with E-state index < -0.39 is 0 Å². The molecule has 0 N–H and O–H groups in total. The average Bonchev–Trinajstić information content (AvgIpc) is 2.35. The summed E-state index contributed by atoms with van der Waals surface area (Å²) in [5, 5.41) is 0.637. The van der Waals surface area contributed by atoms with E-state index in [0.717, 1.165) is 21.2 Å². The summed E-state index contributed by atoms with van der Waals surface area (Å²) in [6.45, 7) is 1.94. The van der Waals surface area contributed by atoms with Gasteiger partial charge in [-0.25, -0.2) is 0 Å². The molecule has 0 fully saturated rings. The van der Waals surface area contributed by atoms with Crippen molar-refractivity contribution in [3.8, 4) is 0 Å². The van der Waals surface area contributed by atoms with E-state index in [1.807, 2.05) is 43.3 Å². The van der Waals surface area contributed by atoms with Crippen molar-refractivity contribution >= 4 is 33.3 Å². The van der Waals surface area contributed by atoms with Crippen molar-refractivity contribution in [2.75, 3.05) is 0 Å². The molecule has 0 saturated heterocycles. The van der Waals surface area contributed by atoms with Gasteiger partial charge in [-0.3, -0.25) is 4.79 Å². The average molecular weight is 324 g/mol. The second kappa shape index (κ2) is 5.68. The zero-order valence-corrected chi connectivity index (χ0v) is 12.3. The zero-order chi connectivity index (χ0) is 13.1. The molecule has 1 nitrogen and oxygen atoms in total. The molecule has 0 aliphatic rings. The first-order chi connectivity index (χ1) is 8.58. The number of hydrogen-bond acceptors (Lipinski definition) is 1. The fourth-order valence-electron chi connectivity index (χ4n) is 1.80. The fourth-order valence-corrected chi connectivity index (χ4v) is 2.37. The minimum absolute atomic E-state index is 0.0851. The lowest BCUT2D eigenvalue weighted by Crippen LogP contribution is -2.06. The van der Waals surface area contributed by atoms with Crippen LogP contribution < -0.4 is 0 Å². The number of rotatable bonds is 3. The van der Waals surface area contributed by atoms with Crippen LogP contribution in [0, 0.1) is 6.92 Å². The summed E-state index contributed by atoms with van der Waals surface area (Å²) in [5.41, 5.74) is 2.59. The predicted molar refractivity (Wildman–Crippen MR) is 78.4 cm³/mol. The van der Waals surface area contributed by atoms with Gasteiger partial charge in [0, 0.05) is 21.5 Å². The number of aryl methyl sites for hydroxylation is 1. The molecule has 0 aromatic heterocycles. The van der Waals surface area contributed by atoms with Crippen molar-refractivity contribution in [3.63, 3.8) is 0 Å². The Morgan fingerprint density at radius 2 is 1.94 bits per heavy atom. The zero-order valence-electron chi connectivity index (χ0n) is 9.91. The van der Waals surface area contributed by atoms with Crippen LogP contribution in [0.4, 0.5) is 0 Å². The highest BCUT2D eigenvalue weighted by Gasteiger charge is 2.12.